The van der Waals surface area contributed by atoms with Gasteiger partial charge in [-0.15, -0.1) is 0 Å². The number of carbonyl (C=O) groups excluding carboxylic acids is 1. The number of hydrogen-bond acceptors (Lipinski definition) is 2. The Morgan fingerprint density at radius 3 is 2.79 bits per heavy atom. The van der Waals surface area contributed by atoms with Crippen LogP contribution in [0.2, 0.25) is 5.15 Å². The third kappa shape index (κ3) is 3.80. The third-order valence-electron chi connectivity index (χ3n) is 2.70. The van der Waals surface area contributed by atoms with Crippen LogP contribution in [0, 0.1) is 13.8 Å². The summed E-state index contributed by atoms with van der Waals surface area (Å²) in [6, 6.07) is 9.68. The van der Waals surface area contributed by atoms with E-state index in [2.05, 4.69) is 10.3 Å². The highest BCUT2D eigenvalue weighted by atomic mass is 35.5. The summed E-state index contributed by atoms with van der Waals surface area (Å²) in [5.41, 5.74) is 3.63. The Morgan fingerprint density at radius 2 is 2.05 bits per heavy atom. The molecule has 0 radical (unpaired) electrons. The van der Waals surface area contributed by atoms with Gasteiger partial charge >= 0.3 is 0 Å². The molecule has 1 aromatic heterocycles. The number of benzene rings is 1. The molecule has 19 heavy (non-hydrogen) atoms. The van der Waals surface area contributed by atoms with E-state index in [-0.39, 0.29) is 5.91 Å². The van der Waals surface area contributed by atoms with Crippen molar-refractivity contribution in [3.05, 3.63) is 58.4 Å². The number of hydrogen-bond donors (Lipinski definition) is 1. The molecule has 1 aromatic carbocycles. The smallest absolute Gasteiger partial charge is 0.228 e. The number of carbonyl (C=O) groups is 1. The first-order valence-electron chi connectivity index (χ1n) is 6.02. The summed E-state index contributed by atoms with van der Waals surface area (Å²) in [7, 11) is 0. The fraction of sp³-hybridized carbons (Fsp3) is 0.200. The first kappa shape index (κ1) is 13.6. The number of anilines is 1. The maximum atomic E-state index is 12.0. The predicted octanol–water partition coefficient (Wildman–Crippen LogP) is 3.53. The average molecular weight is 275 g/mol. The molecule has 2 rings (SSSR count). The number of aryl methyl sites for hydroxylation is 2. The molecule has 1 heterocycles. The van der Waals surface area contributed by atoms with E-state index >= 15 is 0 Å². The van der Waals surface area contributed by atoms with Crippen molar-refractivity contribution in [2.24, 2.45) is 0 Å². The van der Waals surface area contributed by atoms with Gasteiger partial charge in [0.15, 0.2) is 5.15 Å². The molecule has 0 fully saturated rings. The summed E-state index contributed by atoms with van der Waals surface area (Å²) in [5.74, 6) is -0.0973. The number of amides is 1. The highest BCUT2D eigenvalue weighted by molar-refractivity contribution is 6.32. The lowest BCUT2D eigenvalue weighted by Gasteiger charge is -2.08. The Bertz CT molecular complexity index is 611. The van der Waals surface area contributed by atoms with Crippen LogP contribution in [0.25, 0.3) is 0 Å². The molecule has 1 amide bonds. The standard InChI is InChI=1S/C15H15ClN2O/c1-10-4-3-5-12(6-10)8-14(19)18-13-7-11(2)9-17-15(13)16/h3-7,9H,8H2,1-2H3,(H,18,19). The summed E-state index contributed by atoms with van der Waals surface area (Å²) < 4.78 is 0. The number of pyridine rings is 1. The average Bonchev–Trinajstić information content (AvgIpc) is 2.34. The third-order valence-corrected chi connectivity index (χ3v) is 3.00. The van der Waals surface area contributed by atoms with Crippen LogP contribution in [0.1, 0.15) is 16.7 Å². The molecule has 2 aromatic rings. The van der Waals surface area contributed by atoms with Crippen LogP contribution in [-0.4, -0.2) is 10.9 Å². The van der Waals surface area contributed by atoms with Crippen LogP contribution < -0.4 is 5.32 Å². The molecule has 3 nitrogen and oxygen atoms in total. The maximum absolute atomic E-state index is 12.0. The molecule has 4 heteroatoms. The van der Waals surface area contributed by atoms with Gasteiger partial charge in [0.05, 0.1) is 12.1 Å². The highest BCUT2D eigenvalue weighted by Gasteiger charge is 2.08. The van der Waals surface area contributed by atoms with E-state index in [0.717, 1.165) is 16.7 Å². The molecule has 0 bridgehead atoms. The molecular weight excluding hydrogens is 260 g/mol. The summed E-state index contributed by atoms with van der Waals surface area (Å²) in [5, 5.41) is 3.09. The number of rotatable bonds is 3. The lowest BCUT2D eigenvalue weighted by atomic mass is 10.1. The van der Waals surface area contributed by atoms with Crippen LogP contribution in [0.4, 0.5) is 5.69 Å². The monoisotopic (exact) mass is 274 g/mol. The second kappa shape index (κ2) is 5.85. The van der Waals surface area contributed by atoms with Crippen LogP contribution >= 0.6 is 11.6 Å². The molecule has 0 aliphatic heterocycles. The first-order valence-corrected chi connectivity index (χ1v) is 6.40. The lowest BCUT2D eigenvalue weighted by Crippen LogP contribution is -2.15. The predicted molar refractivity (Wildman–Crippen MR) is 77.5 cm³/mol. The number of halogens is 1. The number of nitrogens with one attached hydrogen (secondary N) is 1. The van der Waals surface area contributed by atoms with E-state index in [9.17, 15) is 4.79 Å². The minimum absolute atomic E-state index is 0.0973. The number of nitrogens with zero attached hydrogens (tertiary/aromatic N) is 1. The second-order valence-electron chi connectivity index (χ2n) is 4.57. The molecule has 0 saturated heterocycles. The molecule has 98 valence electrons. The van der Waals surface area contributed by atoms with Gasteiger partial charge < -0.3 is 5.32 Å². The fourth-order valence-electron chi connectivity index (χ4n) is 1.84. The van der Waals surface area contributed by atoms with Gasteiger partial charge in [-0.05, 0) is 31.0 Å². The lowest BCUT2D eigenvalue weighted by molar-refractivity contribution is -0.115. The highest BCUT2D eigenvalue weighted by Crippen LogP contribution is 2.20. The zero-order valence-electron chi connectivity index (χ0n) is 10.9. The van der Waals surface area contributed by atoms with Gasteiger partial charge in [0.2, 0.25) is 5.91 Å². The van der Waals surface area contributed by atoms with Gasteiger partial charge in [0.1, 0.15) is 0 Å². The first-order chi connectivity index (χ1) is 9.04. The molecule has 1 N–H and O–H groups in total. The molecule has 0 unspecified atom stereocenters. The van der Waals surface area contributed by atoms with Gasteiger partial charge in [0.25, 0.3) is 0 Å². The minimum atomic E-state index is -0.0973. The Kier molecular flexibility index (Phi) is 4.17. The zero-order chi connectivity index (χ0) is 13.8. The van der Waals surface area contributed by atoms with Crippen LogP contribution in [-0.2, 0) is 11.2 Å². The van der Waals surface area contributed by atoms with Crippen molar-refractivity contribution in [2.75, 3.05) is 5.32 Å². The van der Waals surface area contributed by atoms with Crippen molar-refractivity contribution in [1.82, 2.24) is 4.98 Å². The largest absolute Gasteiger partial charge is 0.323 e. The maximum Gasteiger partial charge on any atom is 0.228 e. The zero-order valence-corrected chi connectivity index (χ0v) is 11.7. The second-order valence-corrected chi connectivity index (χ2v) is 4.92. The summed E-state index contributed by atoms with van der Waals surface area (Å²) in [6.45, 7) is 3.91. The number of aromatic nitrogens is 1. The van der Waals surface area contributed by atoms with Crippen LogP contribution in [0.3, 0.4) is 0 Å². The van der Waals surface area contributed by atoms with E-state index in [4.69, 9.17) is 11.6 Å². The van der Waals surface area contributed by atoms with Gasteiger partial charge in [-0.1, -0.05) is 41.4 Å². The van der Waals surface area contributed by atoms with Gasteiger partial charge in [-0.3, -0.25) is 4.79 Å². The van der Waals surface area contributed by atoms with Crippen LogP contribution in [0.15, 0.2) is 36.5 Å². The fourth-order valence-corrected chi connectivity index (χ4v) is 1.99. The SMILES string of the molecule is Cc1cccc(CC(=O)Nc2cc(C)cnc2Cl)c1. The topological polar surface area (TPSA) is 42.0 Å². The minimum Gasteiger partial charge on any atom is -0.323 e. The Labute approximate surface area is 117 Å². The van der Waals surface area contributed by atoms with Gasteiger partial charge in [-0.2, -0.15) is 0 Å². The molecule has 0 atom stereocenters. The summed E-state index contributed by atoms with van der Waals surface area (Å²) in [4.78, 5) is 16.0. The van der Waals surface area contributed by atoms with Crippen molar-refractivity contribution in [2.45, 2.75) is 20.3 Å². The van der Waals surface area contributed by atoms with E-state index in [1.165, 1.54) is 0 Å². The molecule has 0 saturated carbocycles. The summed E-state index contributed by atoms with van der Waals surface area (Å²) >= 11 is 5.94. The van der Waals surface area contributed by atoms with Crippen molar-refractivity contribution < 1.29 is 4.79 Å². The summed E-state index contributed by atoms with van der Waals surface area (Å²) in [6.07, 6.45) is 1.99. The van der Waals surface area contributed by atoms with Crippen molar-refractivity contribution in [3.63, 3.8) is 0 Å². The Balaban J connectivity index is 2.07. The molecule has 0 aliphatic rings. The van der Waals surface area contributed by atoms with Crippen molar-refractivity contribution in [3.8, 4) is 0 Å². The van der Waals surface area contributed by atoms with Crippen molar-refractivity contribution in [1.29, 1.82) is 0 Å². The normalized spacial score (nSPS) is 10.3. The Morgan fingerprint density at radius 1 is 1.26 bits per heavy atom. The molecule has 0 spiro atoms. The van der Waals surface area contributed by atoms with Crippen LogP contribution in [0.5, 0.6) is 0 Å². The molecule has 0 aliphatic carbocycles. The molecular formula is C15H15ClN2O. The van der Waals surface area contributed by atoms with Gasteiger partial charge in [0, 0.05) is 6.20 Å². The van der Waals surface area contributed by atoms with E-state index in [1.54, 1.807) is 6.20 Å². The quantitative estimate of drug-likeness (QED) is 0.870. The van der Waals surface area contributed by atoms with Gasteiger partial charge in [-0.25, -0.2) is 4.98 Å². The van der Waals surface area contributed by atoms with E-state index in [1.807, 2.05) is 44.2 Å². The van der Waals surface area contributed by atoms with E-state index < -0.39 is 0 Å². The van der Waals surface area contributed by atoms with E-state index in [0.29, 0.717) is 17.3 Å². The van der Waals surface area contributed by atoms with Crippen molar-refractivity contribution >= 4 is 23.2 Å². The Hall–Kier alpha value is -1.87.